The van der Waals surface area contributed by atoms with Gasteiger partial charge < -0.3 is 14.5 Å². The summed E-state index contributed by atoms with van der Waals surface area (Å²) >= 11 is 0. The number of aliphatic hydroxyl groups is 1. The van der Waals surface area contributed by atoms with E-state index in [2.05, 4.69) is 15.1 Å². The van der Waals surface area contributed by atoms with E-state index in [0.717, 1.165) is 31.7 Å². The first kappa shape index (κ1) is 13.7. The molecule has 2 aliphatic rings. The summed E-state index contributed by atoms with van der Waals surface area (Å²) in [5, 5.41) is 14.4. The highest BCUT2D eigenvalue weighted by Gasteiger charge is 2.34. The van der Waals surface area contributed by atoms with Crippen LogP contribution in [0, 0.1) is 5.92 Å². The van der Waals surface area contributed by atoms with Crippen LogP contribution in [0.4, 0.5) is 5.95 Å². The van der Waals surface area contributed by atoms with Crippen LogP contribution in [0.1, 0.15) is 36.6 Å². The Bertz CT molecular complexity index is 626. The quantitative estimate of drug-likeness (QED) is 0.927. The second-order valence-electron chi connectivity index (χ2n) is 6.35. The van der Waals surface area contributed by atoms with Crippen molar-refractivity contribution in [3.05, 3.63) is 36.0 Å². The van der Waals surface area contributed by atoms with Crippen molar-refractivity contribution in [3.8, 4) is 0 Å². The van der Waals surface area contributed by atoms with Crippen LogP contribution in [-0.2, 0) is 6.42 Å². The molecule has 1 N–H and O–H groups in total. The molecule has 2 fully saturated rings. The lowest BCUT2D eigenvalue weighted by Crippen LogP contribution is -2.22. The zero-order valence-electron chi connectivity index (χ0n) is 12.4. The molecule has 0 radical (unpaired) electrons. The van der Waals surface area contributed by atoms with Crippen molar-refractivity contribution in [2.45, 2.75) is 37.7 Å². The van der Waals surface area contributed by atoms with Crippen LogP contribution in [0.5, 0.6) is 0 Å². The first-order chi connectivity index (χ1) is 10.8. The molecule has 6 nitrogen and oxygen atoms in total. The first-order valence-electron chi connectivity index (χ1n) is 7.95. The number of anilines is 1. The van der Waals surface area contributed by atoms with E-state index in [4.69, 9.17) is 4.52 Å². The molecule has 3 heterocycles. The summed E-state index contributed by atoms with van der Waals surface area (Å²) in [6.45, 7) is 1.33. The molecule has 6 heteroatoms. The fourth-order valence-electron chi connectivity index (χ4n) is 3.22. The molecule has 22 heavy (non-hydrogen) atoms. The highest BCUT2D eigenvalue weighted by atomic mass is 16.5. The summed E-state index contributed by atoms with van der Waals surface area (Å²) in [4.78, 5) is 10.6. The third-order valence-electron chi connectivity index (χ3n) is 4.82. The molecule has 1 aliphatic heterocycles. The van der Waals surface area contributed by atoms with Gasteiger partial charge >= 0.3 is 0 Å². The van der Waals surface area contributed by atoms with E-state index >= 15 is 0 Å². The number of nitrogens with zero attached hydrogens (tertiary/aromatic N) is 4. The van der Waals surface area contributed by atoms with Gasteiger partial charge in [0.1, 0.15) is 0 Å². The minimum absolute atomic E-state index is 0.188. The zero-order chi connectivity index (χ0) is 14.9. The average Bonchev–Trinajstić information content (AvgIpc) is 3.06. The summed E-state index contributed by atoms with van der Waals surface area (Å²) < 4.78 is 5.38. The number of hydrogen-bond acceptors (Lipinski definition) is 6. The van der Waals surface area contributed by atoms with Crippen LogP contribution in [0.3, 0.4) is 0 Å². The number of aliphatic hydroxyl groups excluding tert-OH is 1. The van der Waals surface area contributed by atoms with E-state index in [0.29, 0.717) is 18.4 Å². The molecular formula is C16H20N4O2. The monoisotopic (exact) mass is 300 g/mol. The second kappa shape index (κ2) is 5.68. The summed E-state index contributed by atoms with van der Waals surface area (Å²) in [6.07, 6.45) is 7.60. The summed E-state index contributed by atoms with van der Waals surface area (Å²) in [6, 6.07) is 4.00. The van der Waals surface area contributed by atoms with Crippen molar-refractivity contribution >= 4 is 5.95 Å². The van der Waals surface area contributed by atoms with Crippen LogP contribution >= 0.6 is 0 Å². The molecule has 2 atom stereocenters. The number of rotatable bonds is 4. The Balaban J connectivity index is 1.43. The van der Waals surface area contributed by atoms with Crippen molar-refractivity contribution in [1.29, 1.82) is 0 Å². The predicted molar refractivity (Wildman–Crippen MR) is 80.5 cm³/mol. The van der Waals surface area contributed by atoms with Crippen LogP contribution in [0.2, 0.25) is 0 Å². The number of β-amino-alcohol motifs (C(OH)–C–C–N with tert-alkyl or cyclic N) is 1. The Hall–Kier alpha value is -1.95. The Morgan fingerprint density at radius 2 is 2.05 bits per heavy atom. The van der Waals surface area contributed by atoms with Crippen molar-refractivity contribution in [2.24, 2.45) is 5.92 Å². The lowest BCUT2D eigenvalue weighted by molar-refractivity contribution is 0.148. The maximum Gasteiger partial charge on any atom is 0.266 e. The van der Waals surface area contributed by atoms with Gasteiger partial charge in [0.25, 0.3) is 5.95 Å². The Labute approximate surface area is 129 Å². The molecule has 0 amide bonds. The van der Waals surface area contributed by atoms with Gasteiger partial charge in [-0.1, -0.05) is 6.42 Å². The van der Waals surface area contributed by atoms with E-state index in [-0.39, 0.29) is 12.0 Å². The van der Waals surface area contributed by atoms with Gasteiger partial charge in [-0.2, -0.15) is 4.98 Å². The Kier molecular flexibility index (Phi) is 3.54. The highest BCUT2D eigenvalue weighted by Crippen LogP contribution is 2.36. The molecule has 4 rings (SSSR count). The summed E-state index contributed by atoms with van der Waals surface area (Å²) in [5.41, 5.74) is 1.20. The fourth-order valence-corrected chi connectivity index (χ4v) is 3.22. The molecule has 0 unspecified atom stereocenters. The molecular weight excluding hydrogens is 280 g/mol. The van der Waals surface area contributed by atoms with E-state index in [1.807, 2.05) is 17.0 Å². The maximum atomic E-state index is 10.3. The van der Waals surface area contributed by atoms with Gasteiger partial charge in [0.2, 0.25) is 5.89 Å². The smallest absolute Gasteiger partial charge is 0.266 e. The number of pyridine rings is 1. The predicted octanol–water partition coefficient (Wildman–Crippen LogP) is 1.77. The van der Waals surface area contributed by atoms with E-state index in [9.17, 15) is 5.11 Å². The Morgan fingerprint density at radius 3 is 2.77 bits per heavy atom. The van der Waals surface area contributed by atoms with Crippen LogP contribution in [0.25, 0.3) is 0 Å². The van der Waals surface area contributed by atoms with Gasteiger partial charge in [0.15, 0.2) is 0 Å². The average molecular weight is 300 g/mol. The third kappa shape index (κ3) is 2.59. The van der Waals surface area contributed by atoms with Gasteiger partial charge in [0.05, 0.1) is 6.10 Å². The van der Waals surface area contributed by atoms with Crippen molar-refractivity contribution in [2.75, 3.05) is 18.0 Å². The first-order valence-corrected chi connectivity index (χ1v) is 7.95. The van der Waals surface area contributed by atoms with E-state index in [1.54, 1.807) is 12.4 Å². The SMILES string of the molecule is O[C@H]1CN(c2noc(C3CCC3)n2)C[C@H]1Cc1ccncc1. The highest BCUT2D eigenvalue weighted by molar-refractivity contribution is 5.32. The van der Waals surface area contributed by atoms with Crippen LogP contribution in [0.15, 0.2) is 29.0 Å². The summed E-state index contributed by atoms with van der Waals surface area (Å²) in [7, 11) is 0. The molecule has 1 aliphatic carbocycles. The molecule has 0 bridgehead atoms. The second-order valence-corrected chi connectivity index (χ2v) is 6.35. The van der Waals surface area contributed by atoms with Gasteiger partial charge in [-0.25, -0.2) is 0 Å². The maximum absolute atomic E-state index is 10.3. The lowest BCUT2D eigenvalue weighted by atomic mass is 9.85. The minimum atomic E-state index is -0.362. The fraction of sp³-hybridized carbons (Fsp3) is 0.562. The Morgan fingerprint density at radius 1 is 1.23 bits per heavy atom. The normalized spacial score (nSPS) is 25.4. The van der Waals surface area contributed by atoms with E-state index < -0.39 is 0 Å². The van der Waals surface area contributed by atoms with Gasteiger partial charge in [0, 0.05) is 37.3 Å². The van der Waals surface area contributed by atoms with Gasteiger partial charge in [-0.05, 0) is 42.1 Å². The van der Waals surface area contributed by atoms with Crippen LogP contribution in [-0.4, -0.2) is 39.4 Å². The molecule has 1 saturated carbocycles. The number of hydrogen-bond donors (Lipinski definition) is 1. The van der Waals surface area contributed by atoms with Crippen molar-refractivity contribution in [1.82, 2.24) is 15.1 Å². The third-order valence-corrected chi connectivity index (χ3v) is 4.82. The molecule has 2 aromatic rings. The molecule has 0 spiro atoms. The topological polar surface area (TPSA) is 75.3 Å². The van der Waals surface area contributed by atoms with E-state index in [1.165, 1.54) is 12.0 Å². The van der Waals surface area contributed by atoms with Gasteiger partial charge in [-0.15, -0.1) is 0 Å². The van der Waals surface area contributed by atoms with Crippen molar-refractivity contribution in [3.63, 3.8) is 0 Å². The molecule has 116 valence electrons. The standard InChI is InChI=1S/C16H20N4O2/c21-14-10-20(9-13(14)8-11-4-6-17-7-5-11)16-18-15(22-19-16)12-2-1-3-12/h4-7,12-14,21H,1-3,8-10H2/t13-,14+/m1/s1. The molecule has 2 aromatic heterocycles. The summed E-state index contributed by atoms with van der Waals surface area (Å²) in [5.74, 6) is 2.01. The lowest BCUT2D eigenvalue weighted by Gasteiger charge is -2.20. The molecule has 0 aromatic carbocycles. The number of aromatic nitrogens is 3. The van der Waals surface area contributed by atoms with Crippen LogP contribution < -0.4 is 4.90 Å². The molecule has 1 saturated heterocycles. The largest absolute Gasteiger partial charge is 0.391 e. The minimum Gasteiger partial charge on any atom is -0.391 e. The van der Waals surface area contributed by atoms with Gasteiger partial charge in [-0.3, -0.25) is 4.98 Å². The van der Waals surface area contributed by atoms with Crippen molar-refractivity contribution < 1.29 is 9.63 Å². The zero-order valence-corrected chi connectivity index (χ0v) is 12.4.